The summed E-state index contributed by atoms with van der Waals surface area (Å²) in [6.07, 6.45) is 3.36. The van der Waals surface area contributed by atoms with Crippen LogP contribution in [0.15, 0.2) is 29.2 Å². The van der Waals surface area contributed by atoms with E-state index in [0.29, 0.717) is 24.7 Å². The van der Waals surface area contributed by atoms with Crippen molar-refractivity contribution < 1.29 is 13.2 Å². The molecule has 1 aromatic rings. The highest BCUT2D eigenvalue weighted by molar-refractivity contribution is 7.89. The van der Waals surface area contributed by atoms with Gasteiger partial charge in [-0.1, -0.05) is 19.9 Å². The molecule has 28 heavy (non-hydrogen) atoms. The standard InChI is InChI=1S/C21H35N3O3S/c1-5-12-24(13-6-2)28(26,27)20-9-7-8-18(16-20)21(25)22-19-10-14-23(15-11-19)17(3)4/h7-9,16-17,19H,5-6,10-15H2,1-4H3,(H,22,25). The summed E-state index contributed by atoms with van der Waals surface area (Å²) in [4.78, 5) is 15.3. The third-order valence-corrected chi connectivity index (χ3v) is 7.17. The maximum absolute atomic E-state index is 13.0. The number of carbonyl (C=O) groups is 1. The molecule has 0 saturated carbocycles. The Morgan fingerprint density at radius 3 is 2.32 bits per heavy atom. The minimum Gasteiger partial charge on any atom is -0.349 e. The van der Waals surface area contributed by atoms with E-state index in [1.165, 1.54) is 10.4 Å². The van der Waals surface area contributed by atoms with E-state index in [2.05, 4.69) is 24.1 Å². The molecule has 1 aromatic carbocycles. The molecule has 2 rings (SSSR count). The van der Waals surface area contributed by atoms with Crippen LogP contribution in [0.5, 0.6) is 0 Å². The molecule has 0 aliphatic carbocycles. The van der Waals surface area contributed by atoms with Crippen molar-refractivity contribution in [3.63, 3.8) is 0 Å². The lowest BCUT2D eigenvalue weighted by Crippen LogP contribution is -2.46. The van der Waals surface area contributed by atoms with Crippen LogP contribution in [0.1, 0.15) is 63.7 Å². The molecule has 1 heterocycles. The highest BCUT2D eigenvalue weighted by Gasteiger charge is 2.25. The zero-order chi connectivity index (χ0) is 20.7. The van der Waals surface area contributed by atoms with Gasteiger partial charge in [-0.3, -0.25) is 4.79 Å². The highest BCUT2D eigenvalue weighted by Crippen LogP contribution is 2.19. The Bertz CT molecular complexity index is 735. The molecule has 158 valence electrons. The number of amides is 1. The van der Waals surface area contributed by atoms with E-state index in [9.17, 15) is 13.2 Å². The van der Waals surface area contributed by atoms with Gasteiger partial charge in [0.05, 0.1) is 4.90 Å². The zero-order valence-electron chi connectivity index (χ0n) is 17.6. The first-order valence-electron chi connectivity index (χ1n) is 10.4. The van der Waals surface area contributed by atoms with Gasteiger partial charge in [0, 0.05) is 43.8 Å². The van der Waals surface area contributed by atoms with Gasteiger partial charge in [-0.2, -0.15) is 4.31 Å². The van der Waals surface area contributed by atoms with Crippen LogP contribution in [-0.2, 0) is 10.0 Å². The summed E-state index contributed by atoms with van der Waals surface area (Å²) in [6.45, 7) is 11.2. The fourth-order valence-corrected chi connectivity index (χ4v) is 5.30. The summed E-state index contributed by atoms with van der Waals surface area (Å²) < 4.78 is 27.4. The normalized spacial score (nSPS) is 16.6. The van der Waals surface area contributed by atoms with Crippen molar-refractivity contribution in [3.05, 3.63) is 29.8 Å². The summed E-state index contributed by atoms with van der Waals surface area (Å²) >= 11 is 0. The number of rotatable bonds is 9. The molecule has 0 aromatic heterocycles. The Kier molecular flexibility index (Phi) is 8.46. The maximum atomic E-state index is 13.0. The number of nitrogens with zero attached hydrogens (tertiary/aromatic N) is 2. The van der Waals surface area contributed by atoms with Crippen molar-refractivity contribution in [1.82, 2.24) is 14.5 Å². The molecule has 1 aliphatic heterocycles. The van der Waals surface area contributed by atoms with Gasteiger partial charge in [-0.25, -0.2) is 8.42 Å². The molecular formula is C21H35N3O3S. The molecule has 0 spiro atoms. The topological polar surface area (TPSA) is 69.7 Å². The number of hydrogen-bond donors (Lipinski definition) is 1. The number of hydrogen-bond acceptors (Lipinski definition) is 4. The Morgan fingerprint density at radius 1 is 1.18 bits per heavy atom. The van der Waals surface area contributed by atoms with Crippen molar-refractivity contribution in [2.24, 2.45) is 0 Å². The van der Waals surface area contributed by atoms with Gasteiger partial charge in [-0.05, 0) is 57.7 Å². The quantitative estimate of drug-likeness (QED) is 0.680. The molecule has 0 bridgehead atoms. The van der Waals surface area contributed by atoms with Crippen LogP contribution >= 0.6 is 0 Å². The average molecular weight is 410 g/mol. The highest BCUT2D eigenvalue weighted by atomic mass is 32.2. The Hall–Kier alpha value is -1.44. The SMILES string of the molecule is CCCN(CCC)S(=O)(=O)c1cccc(C(=O)NC2CCN(C(C)C)CC2)c1. The minimum absolute atomic E-state index is 0.138. The third-order valence-electron chi connectivity index (χ3n) is 5.28. The number of piperidine rings is 1. The molecule has 0 unspecified atom stereocenters. The van der Waals surface area contributed by atoms with Crippen LogP contribution in [0.25, 0.3) is 0 Å². The van der Waals surface area contributed by atoms with E-state index in [0.717, 1.165) is 38.8 Å². The zero-order valence-corrected chi connectivity index (χ0v) is 18.5. The van der Waals surface area contributed by atoms with Crippen molar-refractivity contribution >= 4 is 15.9 Å². The Labute approximate surface area is 170 Å². The molecule has 1 aliphatic rings. The smallest absolute Gasteiger partial charge is 0.251 e. The maximum Gasteiger partial charge on any atom is 0.251 e. The van der Waals surface area contributed by atoms with Gasteiger partial charge < -0.3 is 10.2 Å². The first kappa shape index (κ1) is 22.8. The minimum atomic E-state index is -3.58. The molecule has 7 heteroatoms. The second kappa shape index (κ2) is 10.4. The largest absolute Gasteiger partial charge is 0.349 e. The number of carbonyl (C=O) groups excluding carboxylic acids is 1. The van der Waals surface area contributed by atoms with Crippen LogP contribution in [-0.4, -0.2) is 61.8 Å². The molecule has 6 nitrogen and oxygen atoms in total. The molecule has 1 saturated heterocycles. The average Bonchev–Trinajstić information content (AvgIpc) is 2.68. The first-order chi connectivity index (χ1) is 13.3. The van der Waals surface area contributed by atoms with Crippen molar-refractivity contribution in [2.75, 3.05) is 26.2 Å². The lowest BCUT2D eigenvalue weighted by atomic mass is 10.0. The molecule has 1 fully saturated rings. The monoisotopic (exact) mass is 409 g/mol. The van der Waals surface area contributed by atoms with E-state index < -0.39 is 10.0 Å². The Morgan fingerprint density at radius 2 is 1.79 bits per heavy atom. The van der Waals surface area contributed by atoms with Crippen molar-refractivity contribution in [3.8, 4) is 0 Å². The lowest BCUT2D eigenvalue weighted by molar-refractivity contribution is 0.0900. The lowest BCUT2D eigenvalue weighted by Gasteiger charge is -2.34. The van der Waals surface area contributed by atoms with E-state index >= 15 is 0 Å². The van der Waals surface area contributed by atoms with E-state index in [1.807, 2.05) is 13.8 Å². The van der Waals surface area contributed by atoms with E-state index in [4.69, 9.17) is 0 Å². The van der Waals surface area contributed by atoms with Gasteiger partial charge in [0.1, 0.15) is 0 Å². The van der Waals surface area contributed by atoms with Gasteiger partial charge >= 0.3 is 0 Å². The van der Waals surface area contributed by atoms with Crippen LogP contribution in [0.2, 0.25) is 0 Å². The van der Waals surface area contributed by atoms with Crippen LogP contribution in [0.4, 0.5) is 0 Å². The molecule has 0 atom stereocenters. The van der Waals surface area contributed by atoms with Gasteiger partial charge in [0.15, 0.2) is 0 Å². The van der Waals surface area contributed by atoms with Crippen LogP contribution < -0.4 is 5.32 Å². The predicted octanol–water partition coefficient (Wildman–Crippen LogP) is 3.10. The number of sulfonamides is 1. The Balaban J connectivity index is 2.08. The van der Waals surface area contributed by atoms with E-state index in [1.54, 1.807) is 18.2 Å². The number of nitrogens with one attached hydrogen (secondary N) is 1. The molecule has 1 amide bonds. The van der Waals surface area contributed by atoms with Crippen molar-refractivity contribution in [1.29, 1.82) is 0 Å². The fourth-order valence-electron chi connectivity index (χ4n) is 3.63. The fraction of sp³-hybridized carbons (Fsp3) is 0.667. The molecule has 1 N–H and O–H groups in total. The predicted molar refractivity (Wildman–Crippen MR) is 113 cm³/mol. The third kappa shape index (κ3) is 5.78. The van der Waals surface area contributed by atoms with Crippen LogP contribution in [0, 0.1) is 0 Å². The molecule has 0 radical (unpaired) electrons. The molecular weight excluding hydrogens is 374 g/mol. The summed E-state index contributed by atoms with van der Waals surface area (Å²) in [7, 11) is -3.58. The van der Waals surface area contributed by atoms with Gasteiger partial charge in [0.25, 0.3) is 5.91 Å². The summed E-state index contributed by atoms with van der Waals surface area (Å²) in [5.41, 5.74) is 0.403. The summed E-state index contributed by atoms with van der Waals surface area (Å²) in [5, 5.41) is 3.08. The second-order valence-electron chi connectivity index (χ2n) is 7.81. The second-order valence-corrected chi connectivity index (χ2v) is 9.75. The van der Waals surface area contributed by atoms with Gasteiger partial charge in [-0.15, -0.1) is 0 Å². The van der Waals surface area contributed by atoms with Crippen LogP contribution in [0.3, 0.4) is 0 Å². The number of likely N-dealkylation sites (tertiary alicyclic amines) is 1. The van der Waals surface area contributed by atoms with E-state index in [-0.39, 0.29) is 16.8 Å². The first-order valence-corrected chi connectivity index (χ1v) is 11.9. The number of benzene rings is 1. The summed E-state index contributed by atoms with van der Waals surface area (Å²) in [6, 6.07) is 7.07. The van der Waals surface area contributed by atoms with Gasteiger partial charge in [0.2, 0.25) is 10.0 Å². The summed E-state index contributed by atoms with van der Waals surface area (Å²) in [5.74, 6) is -0.197. The van der Waals surface area contributed by atoms with Crippen molar-refractivity contribution in [2.45, 2.75) is 70.4 Å².